The average Bonchev–Trinajstić information content (AvgIpc) is 2.56. The minimum absolute atomic E-state index is 0.280. The van der Waals surface area contributed by atoms with E-state index in [4.69, 9.17) is 11.6 Å². The molecular weight excluding hydrogens is 210 g/mol. The smallest absolute Gasteiger partial charge is 0.0636 e. The van der Waals surface area contributed by atoms with Crippen molar-refractivity contribution in [3.8, 4) is 0 Å². The van der Waals surface area contributed by atoms with E-state index in [1.165, 1.54) is 11.1 Å². The van der Waals surface area contributed by atoms with Crippen molar-refractivity contribution in [3.63, 3.8) is 0 Å². The van der Waals surface area contributed by atoms with Crippen LogP contribution in [-0.4, -0.2) is 23.8 Å². The first-order valence-electron chi connectivity index (χ1n) is 5.34. The standard InChI is InChI=1S/C12H16ClNO/c1-8(15)7-14-12-5-9-2-3-11(13)4-10(9)6-12/h2-4,8,12,14-15H,5-7H2,1H3. The first-order valence-corrected chi connectivity index (χ1v) is 5.71. The quantitative estimate of drug-likeness (QED) is 0.822. The SMILES string of the molecule is CC(O)CNC1Cc2ccc(Cl)cc2C1. The van der Waals surface area contributed by atoms with Gasteiger partial charge in [0.15, 0.2) is 0 Å². The lowest BCUT2D eigenvalue weighted by Crippen LogP contribution is -2.34. The molecule has 0 aromatic heterocycles. The van der Waals surface area contributed by atoms with Gasteiger partial charge in [0, 0.05) is 17.6 Å². The highest BCUT2D eigenvalue weighted by molar-refractivity contribution is 6.30. The van der Waals surface area contributed by atoms with Gasteiger partial charge in [-0.25, -0.2) is 0 Å². The Labute approximate surface area is 95.3 Å². The molecule has 2 nitrogen and oxygen atoms in total. The van der Waals surface area contributed by atoms with Gasteiger partial charge < -0.3 is 10.4 Å². The van der Waals surface area contributed by atoms with Crippen LogP contribution in [0.15, 0.2) is 18.2 Å². The molecule has 0 radical (unpaired) electrons. The van der Waals surface area contributed by atoms with Crippen molar-refractivity contribution in [2.45, 2.75) is 31.9 Å². The fraction of sp³-hybridized carbons (Fsp3) is 0.500. The van der Waals surface area contributed by atoms with Crippen molar-refractivity contribution in [3.05, 3.63) is 34.3 Å². The van der Waals surface area contributed by atoms with Crippen LogP contribution in [0.1, 0.15) is 18.1 Å². The first kappa shape index (κ1) is 10.9. The Morgan fingerprint density at radius 2 is 2.20 bits per heavy atom. The molecule has 1 aliphatic carbocycles. The third-order valence-corrected chi connectivity index (χ3v) is 3.04. The van der Waals surface area contributed by atoms with Crippen molar-refractivity contribution in [1.82, 2.24) is 5.32 Å². The van der Waals surface area contributed by atoms with E-state index in [1.807, 2.05) is 12.1 Å². The number of fused-ring (bicyclic) bond motifs is 1. The van der Waals surface area contributed by atoms with Crippen LogP contribution in [0.2, 0.25) is 5.02 Å². The van der Waals surface area contributed by atoms with Gasteiger partial charge in [-0.1, -0.05) is 17.7 Å². The van der Waals surface area contributed by atoms with E-state index < -0.39 is 0 Å². The predicted octanol–water partition coefficient (Wildman–Crippen LogP) is 1.78. The van der Waals surface area contributed by atoms with Gasteiger partial charge in [0.25, 0.3) is 0 Å². The van der Waals surface area contributed by atoms with Crippen molar-refractivity contribution >= 4 is 11.6 Å². The molecule has 0 aliphatic heterocycles. The van der Waals surface area contributed by atoms with E-state index in [-0.39, 0.29) is 6.10 Å². The minimum Gasteiger partial charge on any atom is -0.392 e. The molecule has 0 saturated carbocycles. The molecule has 15 heavy (non-hydrogen) atoms. The van der Waals surface area contributed by atoms with Crippen LogP contribution in [0, 0.1) is 0 Å². The molecule has 0 bridgehead atoms. The Bertz CT molecular complexity index is 351. The molecule has 0 spiro atoms. The molecule has 1 aliphatic rings. The molecular formula is C12H16ClNO. The van der Waals surface area contributed by atoms with Crippen molar-refractivity contribution in [2.75, 3.05) is 6.54 Å². The highest BCUT2D eigenvalue weighted by Crippen LogP contribution is 2.25. The highest BCUT2D eigenvalue weighted by Gasteiger charge is 2.21. The summed E-state index contributed by atoms with van der Waals surface area (Å²) in [4.78, 5) is 0. The summed E-state index contributed by atoms with van der Waals surface area (Å²) in [5.74, 6) is 0. The number of aliphatic hydroxyl groups is 1. The summed E-state index contributed by atoms with van der Waals surface area (Å²) in [5.41, 5.74) is 2.72. The van der Waals surface area contributed by atoms with Gasteiger partial charge in [0.2, 0.25) is 0 Å². The van der Waals surface area contributed by atoms with Gasteiger partial charge in [0.05, 0.1) is 6.10 Å². The number of nitrogens with one attached hydrogen (secondary N) is 1. The maximum absolute atomic E-state index is 9.19. The van der Waals surface area contributed by atoms with Gasteiger partial charge in [-0.05, 0) is 43.0 Å². The molecule has 0 amide bonds. The number of aliphatic hydroxyl groups excluding tert-OH is 1. The summed E-state index contributed by atoms with van der Waals surface area (Å²) in [6.45, 7) is 2.46. The van der Waals surface area contributed by atoms with E-state index in [1.54, 1.807) is 6.92 Å². The van der Waals surface area contributed by atoms with Gasteiger partial charge >= 0.3 is 0 Å². The third kappa shape index (κ3) is 2.71. The molecule has 82 valence electrons. The normalized spacial score (nSPS) is 21.4. The lowest BCUT2D eigenvalue weighted by atomic mass is 10.1. The fourth-order valence-electron chi connectivity index (χ4n) is 2.07. The number of halogens is 1. The van der Waals surface area contributed by atoms with Gasteiger partial charge in [-0.2, -0.15) is 0 Å². The zero-order valence-electron chi connectivity index (χ0n) is 8.83. The molecule has 1 aromatic carbocycles. The molecule has 2 rings (SSSR count). The summed E-state index contributed by atoms with van der Waals surface area (Å²) in [6.07, 6.45) is 1.78. The summed E-state index contributed by atoms with van der Waals surface area (Å²) >= 11 is 5.94. The van der Waals surface area contributed by atoms with Crippen LogP contribution in [-0.2, 0) is 12.8 Å². The zero-order chi connectivity index (χ0) is 10.8. The second-order valence-electron chi connectivity index (χ2n) is 4.28. The Morgan fingerprint density at radius 3 is 2.93 bits per heavy atom. The molecule has 0 heterocycles. The van der Waals surface area contributed by atoms with E-state index in [2.05, 4.69) is 11.4 Å². The Morgan fingerprint density at radius 1 is 1.47 bits per heavy atom. The molecule has 0 saturated heterocycles. The summed E-state index contributed by atoms with van der Waals surface area (Å²) in [5, 5.41) is 13.4. The van der Waals surface area contributed by atoms with Crippen molar-refractivity contribution in [2.24, 2.45) is 0 Å². The Kier molecular flexibility index (Phi) is 3.29. The summed E-state index contributed by atoms with van der Waals surface area (Å²) in [6, 6.07) is 6.54. The largest absolute Gasteiger partial charge is 0.392 e. The van der Waals surface area contributed by atoms with Crippen LogP contribution < -0.4 is 5.32 Å². The van der Waals surface area contributed by atoms with Crippen molar-refractivity contribution in [1.29, 1.82) is 0 Å². The van der Waals surface area contributed by atoms with Gasteiger partial charge in [0.1, 0.15) is 0 Å². The van der Waals surface area contributed by atoms with Crippen LogP contribution >= 0.6 is 11.6 Å². The molecule has 2 unspecified atom stereocenters. The van der Waals surface area contributed by atoms with Crippen LogP contribution in [0.3, 0.4) is 0 Å². The summed E-state index contributed by atoms with van der Waals surface area (Å²) < 4.78 is 0. The van der Waals surface area contributed by atoms with Gasteiger partial charge in [-0.15, -0.1) is 0 Å². The van der Waals surface area contributed by atoms with E-state index in [0.29, 0.717) is 12.6 Å². The van der Waals surface area contributed by atoms with Gasteiger partial charge in [-0.3, -0.25) is 0 Å². The molecule has 2 atom stereocenters. The lowest BCUT2D eigenvalue weighted by Gasteiger charge is -2.12. The van der Waals surface area contributed by atoms with Crippen LogP contribution in [0.4, 0.5) is 0 Å². The zero-order valence-corrected chi connectivity index (χ0v) is 9.59. The Hall–Kier alpha value is -0.570. The fourth-order valence-corrected chi connectivity index (χ4v) is 2.26. The van der Waals surface area contributed by atoms with Crippen LogP contribution in [0.25, 0.3) is 0 Å². The van der Waals surface area contributed by atoms with Crippen LogP contribution in [0.5, 0.6) is 0 Å². The summed E-state index contributed by atoms with van der Waals surface area (Å²) in [7, 11) is 0. The number of benzene rings is 1. The molecule has 0 fully saturated rings. The maximum Gasteiger partial charge on any atom is 0.0636 e. The van der Waals surface area contributed by atoms with E-state index in [0.717, 1.165) is 17.9 Å². The lowest BCUT2D eigenvalue weighted by molar-refractivity contribution is 0.186. The maximum atomic E-state index is 9.19. The second-order valence-corrected chi connectivity index (χ2v) is 4.71. The third-order valence-electron chi connectivity index (χ3n) is 2.80. The molecule has 3 heteroatoms. The molecule has 2 N–H and O–H groups in total. The monoisotopic (exact) mass is 225 g/mol. The Balaban J connectivity index is 1.97. The highest BCUT2D eigenvalue weighted by atomic mass is 35.5. The first-order chi connectivity index (χ1) is 7.15. The average molecular weight is 226 g/mol. The van der Waals surface area contributed by atoms with E-state index in [9.17, 15) is 5.11 Å². The minimum atomic E-state index is -0.280. The molecule has 1 aromatic rings. The second kappa shape index (κ2) is 4.52. The number of rotatable bonds is 3. The predicted molar refractivity (Wildman–Crippen MR) is 62.3 cm³/mol. The number of hydrogen-bond donors (Lipinski definition) is 2. The number of hydrogen-bond acceptors (Lipinski definition) is 2. The van der Waals surface area contributed by atoms with E-state index >= 15 is 0 Å². The van der Waals surface area contributed by atoms with Crippen molar-refractivity contribution < 1.29 is 5.11 Å². The topological polar surface area (TPSA) is 32.3 Å².